The van der Waals surface area contributed by atoms with Crippen molar-refractivity contribution in [2.45, 2.75) is 13.8 Å². The van der Waals surface area contributed by atoms with Gasteiger partial charge in [-0.2, -0.15) is 0 Å². The van der Waals surface area contributed by atoms with Crippen LogP contribution >= 0.6 is 23.2 Å². The van der Waals surface area contributed by atoms with Crippen LogP contribution in [0.25, 0.3) is 0 Å². The Hall–Kier alpha value is -2.76. The zero-order valence-electron chi connectivity index (χ0n) is 15.9. The number of amides is 1. The third-order valence-corrected chi connectivity index (χ3v) is 4.73. The second kappa shape index (κ2) is 8.72. The molecule has 3 aromatic carbocycles. The number of anilines is 1. The van der Waals surface area contributed by atoms with E-state index in [4.69, 9.17) is 32.7 Å². The molecule has 149 valence electrons. The number of benzene rings is 3. The van der Waals surface area contributed by atoms with Crippen molar-refractivity contribution in [3.63, 3.8) is 0 Å². The van der Waals surface area contributed by atoms with Gasteiger partial charge >= 0.3 is 0 Å². The van der Waals surface area contributed by atoms with E-state index in [-0.39, 0.29) is 16.3 Å². The Labute approximate surface area is 178 Å². The molecule has 1 radical (unpaired) electrons. The maximum Gasteiger partial charge on any atom is 0.255 e. The molecule has 29 heavy (non-hydrogen) atoms. The molecular weight excluding hydrogens is 416 g/mol. The molecule has 0 atom stereocenters. The highest BCUT2D eigenvalue weighted by atomic mass is 35.5. The first-order valence-corrected chi connectivity index (χ1v) is 9.35. The summed E-state index contributed by atoms with van der Waals surface area (Å²) in [5, 5.41) is 3.39. The lowest BCUT2D eigenvalue weighted by Crippen LogP contribution is -2.13. The maximum atomic E-state index is 13.7. The lowest BCUT2D eigenvalue weighted by molar-refractivity contribution is 0.102. The van der Waals surface area contributed by atoms with Crippen molar-refractivity contribution in [1.82, 2.24) is 0 Å². The third kappa shape index (κ3) is 4.81. The van der Waals surface area contributed by atoms with Crippen molar-refractivity contribution in [3.05, 3.63) is 81.1 Å². The number of hydrogen-bond acceptors (Lipinski definition) is 3. The van der Waals surface area contributed by atoms with Gasteiger partial charge in [0, 0.05) is 23.4 Å². The molecule has 0 aliphatic rings. The summed E-state index contributed by atoms with van der Waals surface area (Å²) in [4.78, 5) is 12.5. The van der Waals surface area contributed by atoms with E-state index in [0.29, 0.717) is 22.2 Å². The summed E-state index contributed by atoms with van der Waals surface area (Å²) in [6.07, 6.45) is 0. The van der Waals surface area contributed by atoms with Crippen molar-refractivity contribution in [1.29, 1.82) is 0 Å². The van der Waals surface area contributed by atoms with E-state index in [9.17, 15) is 9.18 Å². The number of carbonyl (C=O) groups excluding carboxylic acids is 1. The van der Waals surface area contributed by atoms with Crippen LogP contribution in [0.15, 0.2) is 42.5 Å². The minimum absolute atomic E-state index is 0.149. The lowest BCUT2D eigenvalue weighted by atomic mass is 10.1. The molecule has 0 unspecified atom stereocenters. The molecule has 0 heterocycles. The number of aryl methyl sites for hydroxylation is 2. The second-order valence-corrected chi connectivity index (χ2v) is 7.13. The molecule has 3 rings (SSSR count). The summed E-state index contributed by atoms with van der Waals surface area (Å²) in [5.74, 6) is 0.127. The molecule has 0 aromatic heterocycles. The molecule has 0 spiro atoms. The predicted molar refractivity (Wildman–Crippen MR) is 112 cm³/mol. The van der Waals surface area contributed by atoms with Gasteiger partial charge in [-0.15, -0.1) is 0 Å². The van der Waals surface area contributed by atoms with E-state index in [0.717, 1.165) is 17.2 Å². The summed E-state index contributed by atoms with van der Waals surface area (Å²) in [7, 11) is 1.41. The van der Waals surface area contributed by atoms with Gasteiger partial charge in [-0.3, -0.25) is 4.79 Å². The minimum atomic E-state index is -0.556. The zero-order valence-corrected chi connectivity index (χ0v) is 17.4. The van der Waals surface area contributed by atoms with Crippen molar-refractivity contribution in [2.24, 2.45) is 0 Å². The Morgan fingerprint density at radius 1 is 1.07 bits per heavy atom. The van der Waals surface area contributed by atoms with Gasteiger partial charge in [0.2, 0.25) is 0 Å². The van der Waals surface area contributed by atoms with Crippen LogP contribution in [0.3, 0.4) is 0 Å². The molecule has 7 heteroatoms. The summed E-state index contributed by atoms with van der Waals surface area (Å²) in [5.41, 5.74) is 2.20. The molecule has 0 bridgehead atoms. The highest BCUT2D eigenvalue weighted by molar-refractivity contribution is 6.37. The fourth-order valence-electron chi connectivity index (χ4n) is 2.83. The van der Waals surface area contributed by atoms with Crippen LogP contribution in [0.5, 0.6) is 17.2 Å². The Morgan fingerprint density at radius 2 is 1.76 bits per heavy atom. The number of methoxy groups -OCH3 is 1. The highest BCUT2D eigenvalue weighted by Gasteiger charge is 2.15. The summed E-state index contributed by atoms with van der Waals surface area (Å²) in [6.45, 7) is 3.66. The van der Waals surface area contributed by atoms with Gasteiger partial charge in [0.1, 0.15) is 17.3 Å². The predicted octanol–water partition coefficient (Wildman–Crippen LogP) is 6.60. The van der Waals surface area contributed by atoms with Crippen LogP contribution in [-0.4, -0.2) is 13.0 Å². The quantitative estimate of drug-likeness (QED) is 0.493. The van der Waals surface area contributed by atoms with Gasteiger partial charge in [0.05, 0.1) is 17.2 Å². The number of halogens is 3. The van der Waals surface area contributed by atoms with Crippen LogP contribution in [0, 0.1) is 25.7 Å². The average molecular weight is 433 g/mol. The molecule has 0 fully saturated rings. The average Bonchev–Trinajstić information content (AvgIpc) is 2.66. The number of nitrogens with one attached hydrogen (secondary N) is 1. The number of carbonyl (C=O) groups is 1. The third-order valence-electron chi connectivity index (χ3n) is 4.15. The van der Waals surface area contributed by atoms with E-state index in [2.05, 4.69) is 11.4 Å². The smallest absolute Gasteiger partial charge is 0.255 e. The van der Waals surface area contributed by atoms with Crippen molar-refractivity contribution >= 4 is 34.8 Å². The maximum absolute atomic E-state index is 13.7. The number of ether oxygens (including phenoxy) is 2. The first-order valence-electron chi connectivity index (χ1n) is 8.59. The van der Waals surface area contributed by atoms with Crippen molar-refractivity contribution in [2.75, 3.05) is 12.4 Å². The first kappa shape index (κ1) is 21.0. The first-order chi connectivity index (χ1) is 13.8. The van der Waals surface area contributed by atoms with Crippen LogP contribution in [0.4, 0.5) is 10.1 Å². The SMILES string of the molecule is COc1cc(F)cc(C(=O)Nc2cc(C)c(Oc3c(Cl)[c]ccc3Cl)c(C)c2)c1. The van der Waals surface area contributed by atoms with Crippen LogP contribution in [0.2, 0.25) is 10.0 Å². The Morgan fingerprint density at radius 3 is 2.38 bits per heavy atom. The molecule has 0 aliphatic carbocycles. The summed E-state index contributed by atoms with van der Waals surface area (Å²) < 4.78 is 24.6. The largest absolute Gasteiger partial charge is 0.497 e. The molecule has 1 N–H and O–H groups in total. The second-order valence-electron chi connectivity index (χ2n) is 6.34. The fourth-order valence-corrected chi connectivity index (χ4v) is 3.28. The van der Waals surface area contributed by atoms with Crippen LogP contribution in [0.1, 0.15) is 21.5 Å². The van der Waals surface area contributed by atoms with Gasteiger partial charge in [-0.25, -0.2) is 4.39 Å². The van der Waals surface area contributed by atoms with Gasteiger partial charge in [0.15, 0.2) is 5.75 Å². The Balaban J connectivity index is 1.86. The number of rotatable bonds is 5. The Kier molecular flexibility index (Phi) is 6.30. The summed E-state index contributed by atoms with van der Waals surface area (Å²) in [6, 6.07) is 13.4. The molecule has 0 saturated heterocycles. The van der Waals surface area contributed by atoms with E-state index in [1.165, 1.54) is 19.2 Å². The van der Waals surface area contributed by atoms with Gasteiger partial charge in [0.25, 0.3) is 5.91 Å². The number of hydrogen-bond donors (Lipinski definition) is 1. The highest BCUT2D eigenvalue weighted by Crippen LogP contribution is 2.39. The van der Waals surface area contributed by atoms with E-state index in [1.807, 2.05) is 13.8 Å². The van der Waals surface area contributed by atoms with Gasteiger partial charge < -0.3 is 14.8 Å². The lowest BCUT2D eigenvalue weighted by Gasteiger charge is -2.16. The van der Waals surface area contributed by atoms with Crippen molar-refractivity contribution < 1.29 is 18.7 Å². The molecule has 1 amide bonds. The Bertz CT molecular complexity index is 1040. The normalized spacial score (nSPS) is 10.6. The molecule has 0 aliphatic heterocycles. The molecule has 3 aromatic rings. The minimum Gasteiger partial charge on any atom is -0.497 e. The topological polar surface area (TPSA) is 47.6 Å². The standard InChI is InChI=1S/C22H17Cl2FNO3/c1-12-7-16(26-22(27)14-9-15(25)11-17(10-14)28-3)8-13(2)20(12)29-21-18(23)5-4-6-19(21)24/h4-5,7-11H,1-3H3,(H,26,27). The van der Waals surface area contributed by atoms with Crippen molar-refractivity contribution in [3.8, 4) is 17.2 Å². The van der Waals surface area contributed by atoms with Gasteiger partial charge in [-0.05, 0) is 55.3 Å². The van der Waals surface area contributed by atoms with E-state index < -0.39 is 11.7 Å². The van der Waals surface area contributed by atoms with E-state index >= 15 is 0 Å². The monoisotopic (exact) mass is 432 g/mol. The van der Waals surface area contributed by atoms with Crippen LogP contribution in [-0.2, 0) is 0 Å². The van der Waals surface area contributed by atoms with Crippen LogP contribution < -0.4 is 14.8 Å². The summed E-state index contributed by atoms with van der Waals surface area (Å²) >= 11 is 12.3. The van der Waals surface area contributed by atoms with Gasteiger partial charge in [-0.1, -0.05) is 29.3 Å². The fraction of sp³-hybridized carbons (Fsp3) is 0.136. The molecular formula is C22H17Cl2FNO3. The molecule has 4 nitrogen and oxygen atoms in total. The molecule has 0 saturated carbocycles. The van der Waals surface area contributed by atoms with E-state index in [1.54, 1.807) is 24.3 Å². The zero-order chi connectivity index (χ0) is 21.1.